The number of phosphoric ester groups is 1. The lowest BCUT2D eigenvalue weighted by molar-refractivity contribution is -0.230. The van der Waals surface area contributed by atoms with Crippen molar-refractivity contribution in [3.63, 3.8) is 0 Å². The van der Waals surface area contributed by atoms with E-state index < -0.39 is 51.8 Å². The fourth-order valence-electron chi connectivity index (χ4n) is 5.28. The molecule has 0 fully saturated rings. The predicted octanol–water partition coefficient (Wildman–Crippen LogP) is 8.48. The first-order valence-corrected chi connectivity index (χ1v) is 20.4. The first-order valence-electron chi connectivity index (χ1n) is 19.0. The number of aliphatic hydroxyl groups excluding tert-OH is 2. The molecule has 0 heterocycles. The summed E-state index contributed by atoms with van der Waals surface area (Å²) < 4.78 is 32.2. The highest BCUT2D eigenvalue weighted by Crippen LogP contribution is 2.38. The summed E-state index contributed by atoms with van der Waals surface area (Å²) in [6.45, 7) is 2.19. The van der Waals surface area contributed by atoms with Crippen LogP contribution in [0.25, 0.3) is 0 Å². The van der Waals surface area contributed by atoms with Crippen LogP contribution in [0.4, 0.5) is 0 Å². The monoisotopic (exact) mass is 693 g/mol. The Morgan fingerprint density at radius 2 is 0.936 bits per heavy atom. The summed E-state index contributed by atoms with van der Waals surface area (Å²) in [5.74, 6) is -0.952. The van der Waals surface area contributed by atoms with Gasteiger partial charge in [0.05, 0.1) is 19.8 Å². The van der Waals surface area contributed by atoms with Crippen LogP contribution in [0.1, 0.15) is 181 Å². The average molecular weight is 694 g/mol. The van der Waals surface area contributed by atoms with Gasteiger partial charge in [0.25, 0.3) is 7.82 Å². The van der Waals surface area contributed by atoms with Crippen molar-refractivity contribution < 1.29 is 47.8 Å². The van der Waals surface area contributed by atoms with Gasteiger partial charge in [-0.3, -0.25) is 14.2 Å². The molecule has 280 valence electrons. The smallest absolute Gasteiger partial charge is 0.306 e. The fraction of sp³-hybridized carbons (Fsp3) is 0.944. The number of carbonyl (C=O) groups is 2. The topological polar surface area (TPSA) is 152 Å². The minimum atomic E-state index is -4.85. The Morgan fingerprint density at radius 3 is 1.34 bits per heavy atom. The SMILES string of the molecule is CCCCCCCCCCCCCCCC(=O)O[C@H](COC(=O)CCCCCCCCCCCCC)COP(=O)([O-])OC[C@@H](O)CO. The van der Waals surface area contributed by atoms with E-state index in [1.54, 1.807) is 0 Å². The Balaban J connectivity index is 4.35. The molecule has 1 unspecified atom stereocenters. The van der Waals surface area contributed by atoms with Crippen molar-refractivity contribution in [2.24, 2.45) is 0 Å². The lowest BCUT2D eigenvalue weighted by atomic mass is 10.0. The molecule has 0 radical (unpaired) electrons. The zero-order valence-electron chi connectivity index (χ0n) is 30.0. The second kappa shape index (κ2) is 33.5. The summed E-state index contributed by atoms with van der Waals surface area (Å²) in [5.41, 5.74) is 0. The largest absolute Gasteiger partial charge is 0.756 e. The molecule has 0 saturated heterocycles. The van der Waals surface area contributed by atoms with Gasteiger partial charge in [0.15, 0.2) is 6.10 Å². The van der Waals surface area contributed by atoms with Crippen LogP contribution >= 0.6 is 7.82 Å². The lowest BCUT2D eigenvalue weighted by Gasteiger charge is -2.26. The number of phosphoric acid groups is 1. The Labute approximate surface area is 286 Å². The van der Waals surface area contributed by atoms with Crippen LogP contribution in [0.2, 0.25) is 0 Å². The van der Waals surface area contributed by atoms with E-state index >= 15 is 0 Å². The van der Waals surface area contributed by atoms with Crippen LogP contribution in [0.5, 0.6) is 0 Å². The number of aliphatic hydroxyl groups is 2. The van der Waals surface area contributed by atoms with Crippen LogP contribution in [-0.4, -0.2) is 60.8 Å². The minimum Gasteiger partial charge on any atom is -0.756 e. The highest BCUT2D eigenvalue weighted by molar-refractivity contribution is 7.45. The van der Waals surface area contributed by atoms with Crippen LogP contribution in [0, 0.1) is 0 Å². The Kier molecular flexibility index (Phi) is 32.7. The number of hydrogen-bond donors (Lipinski definition) is 2. The second-order valence-corrected chi connectivity index (χ2v) is 14.4. The molecule has 0 aliphatic heterocycles. The van der Waals surface area contributed by atoms with E-state index in [-0.39, 0.29) is 19.4 Å². The zero-order valence-corrected chi connectivity index (χ0v) is 30.9. The van der Waals surface area contributed by atoms with E-state index in [4.69, 9.17) is 19.1 Å². The van der Waals surface area contributed by atoms with E-state index in [0.717, 1.165) is 38.5 Å². The number of hydrogen-bond acceptors (Lipinski definition) is 10. The number of ether oxygens (including phenoxy) is 2. The highest BCUT2D eigenvalue weighted by atomic mass is 31.2. The van der Waals surface area contributed by atoms with E-state index in [9.17, 15) is 24.2 Å². The van der Waals surface area contributed by atoms with Gasteiger partial charge in [0.2, 0.25) is 0 Å². The summed E-state index contributed by atoms with van der Waals surface area (Å²) in [5, 5.41) is 18.2. The van der Waals surface area contributed by atoms with Crippen LogP contribution in [0.15, 0.2) is 0 Å². The maximum Gasteiger partial charge on any atom is 0.306 e. The van der Waals surface area contributed by atoms with Gasteiger partial charge in [0, 0.05) is 12.8 Å². The molecule has 0 aromatic rings. The van der Waals surface area contributed by atoms with Gasteiger partial charge in [0.1, 0.15) is 12.7 Å². The highest BCUT2D eigenvalue weighted by Gasteiger charge is 2.21. The summed E-state index contributed by atoms with van der Waals surface area (Å²) in [6, 6.07) is 0. The lowest BCUT2D eigenvalue weighted by Crippen LogP contribution is -2.30. The number of esters is 2. The Hall–Kier alpha value is -1.03. The third kappa shape index (κ3) is 33.3. The van der Waals surface area contributed by atoms with Crippen molar-refractivity contribution >= 4 is 19.8 Å². The van der Waals surface area contributed by atoms with Gasteiger partial charge < -0.3 is 33.6 Å². The van der Waals surface area contributed by atoms with E-state index in [1.165, 1.54) is 103 Å². The normalized spacial score (nSPS) is 14.1. The average Bonchev–Trinajstić information content (AvgIpc) is 3.05. The molecule has 0 spiro atoms. The zero-order chi connectivity index (χ0) is 34.9. The molecule has 0 bridgehead atoms. The third-order valence-corrected chi connectivity index (χ3v) is 9.18. The molecule has 0 saturated carbocycles. The van der Waals surface area contributed by atoms with Crippen molar-refractivity contribution in [1.82, 2.24) is 0 Å². The van der Waals surface area contributed by atoms with Crippen molar-refractivity contribution in [3.8, 4) is 0 Å². The van der Waals surface area contributed by atoms with Gasteiger partial charge in [-0.05, 0) is 12.8 Å². The second-order valence-electron chi connectivity index (χ2n) is 12.9. The van der Waals surface area contributed by atoms with Gasteiger partial charge in [-0.2, -0.15) is 0 Å². The molecule has 11 heteroatoms. The standard InChI is InChI=1S/C36H71O10P/c1-3-5-7-9-11-13-15-16-18-20-22-24-26-28-36(40)46-34(32-45-47(41,42)44-30-33(38)29-37)31-43-35(39)27-25-23-21-19-17-14-12-10-8-6-4-2/h33-34,37-38H,3-32H2,1-2H3,(H,41,42)/p-1/t33-,34+/m0/s1. The molecule has 0 aromatic carbocycles. The van der Waals surface area contributed by atoms with Crippen LogP contribution < -0.4 is 4.89 Å². The predicted molar refractivity (Wildman–Crippen MR) is 185 cm³/mol. The molecule has 10 nitrogen and oxygen atoms in total. The Bertz CT molecular complexity index is 766. The molecule has 0 rings (SSSR count). The molecule has 0 aliphatic carbocycles. The fourth-order valence-corrected chi connectivity index (χ4v) is 6.06. The van der Waals surface area contributed by atoms with Crippen molar-refractivity contribution in [2.75, 3.05) is 26.4 Å². The summed E-state index contributed by atoms with van der Waals surface area (Å²) in [6.07, 6.45) is 26.2. The number of rotatable bonds is 36. The van der Waals surface area contributed by atoms with Gasteiger partial charge in [-0.1, -0.05) is 155 Å². The summed E-state index contributed by atoms with van der Waals surface area (Å²) >= 11 is 0. The molecular formula is C36H70O10P-. The molecule has 3 atom stereocenters. The Morgan fingerprint density at radius 1 is 0.574 bits per heavy atom. The van der Waals surface area contributed by atoms with Gasteiger partial charge in [-0.25, -0.2) is 0 Å². The molecule has 0 aromatic heterocycles. The van der Waals surface area contributed by atoms with Crippen molar-refractivity contribution in [3.05, 3.63) is 0 Å². The summed E-state index contributed by atoms with van der Waals surface area (Å²) in [4.78, 5) is 36.9. The number of unbranched alkanes of at least 4 members (excludes halogenated alkanes) is 22. The molecular weight excluding hydrogens is 623 g/mol. The van der Waals surface area contributed by atoms with E-state index in [0.29, 0.717) is 12.8 Å². The van der Waals surface area contributed by atoms with Gasteiger partial charge >= 0.3 is 11.9 Å². The maximum atomic E-state index is 12.5. The molecule has 2 N–H and O–H groups in total. The summed E-state index contributed by atoms with van der Waals surface area (Å²) in [7, 11) is -4.85. The van der Waals surface area contributed by atoms with E-state index in [2.05, 4.69) is 18.4 Å². The minimum absolute atomic E-state index is 0.176. The first kappa shape index (κ1) is 46.0. The van der Waals surface area contributed by atoms with Crippen LogP contribution in [-0.2, 0) is 32.7 Å². The number of carbonyl (C=O) groups excluding carboxylic acids is 2. The molecule has 0 amide bonds. The maximum absolute atomic E-state index is 12.5. The van der Waals surface area contributed by atoms with Crippen molar-refractivity contribution in [2.45, 2.75) is 193 Å². The molecule has 47 heavy (non-hydrogen) atoms. The quantitative estimate of drug-likeness (QED) is 0.0371. The van der Waals surface area contributed by atoms with Crippen LogP contribution in [0.3, 0.4) is 0 Å². The third-order valence-electron chi connectivity index (χ3n) is 8.25. The van der Waals surface area contributed by atoms with E-state index in [1.807, 2.05) is 0 Å². The van der Waals surface area contributed by atoms with Crippen molar-refractivity contribution in [1.29, 1.82) is 0 Å². The molecule has 0 aliphatic rings. The first-order chi connectivity index (χ1) is 22.7. The van der Waals surface area contributed by atoms with Gasteiger partial charge in [-0.15, -0.1) is 0 Å².